The third-order valence-corrected chi connectivity index (χ3v) is 2.35. The van der Waals surface area contributed by atoms with E-state index in [4.69, 9.17) is 15.4 Å². The Labute approximate surface area is 89.9 Å². The maximum atomic E-state index is 5.30. The SMILES string of the molecule is CCc1ccc(OC)c(OC)c1CON. The van der Waals surface area contributed by atoms with Crippen LogP contribution in [-0.4, -0.2) is 14.2 Å². The second kappa shape index (κ2) is 5.58. The maximum Gasteiger partial charge on any atom is 0.166 e. The van der Waals surface area contributed by atoms with E-state index in [1.165, 1.54) is 0 Å². The smallest absolute Gasteiger partial charge is 0.166 e. The van der Waals surface area contributed by atoms with Crippen LogP contribution < -0.4 is 15.4 Å². The Morgan fingerprint density at radius 1 is 1.20 bits per heavy atom. The fraction of sp³-hybridized carbons (Fsp3) is 0.455. The number of benzene rings is 1. The van der Waals surface area contributed by atoms with Crippen LogP contribution in [-0.2, 0) is 17.9 Å². The first-order valence-corrected chi connectivity index (χ1v) is 4.82. The summed E-state index contributed by atoms with van der Waals surface area (Å²) in [6.45, 7) is 2.39. The Kier molecular flexibility index (Phi) is 4.39. The van der Waals surface area contributed by atoms with E-state index in [2.05, 4.69) is 11.8 Å². The van der Waals surface area contributed by atoms with Crippen molar-refractivity contribution in [2.24, 2.45) is 5.90 Å². The van der Waals surface area contributed by atoms with E-state index in [9.17, 15) is 0 Å². The third kappa shape index (κ3) is 2.40. The van der Waals surface area contributed by atoms with Gasteiger partial charge in [-0.2, -0.15) is 0 Å². The molecular weight excluding hydrogens is 194 g/mol. The van der Waals surface area contributed by atoms with Crippen molar-refractivity contribution in [2.45, 2.75) is 20.0 Å². The molecule has 0 aromatic heterocycles. The second-order valence-electron chi connectivity index (χ2n) is 3.10. The molecule has 0 aliphatic rings. The minimum atomic E-state index is 0.323. The molecule has 0 heterocycles. The standard InChI is InChI=1S/C11H17NO3/c1-4-8-5-6-10(13-2)11(14-3)9(8)7-15-12/h5-6H,4,7,12H2,1-3H3. The van der Waals surface area contributed by atoms with E-state index in [0.717, 1.165) is 17.5 Å². The Bertz CT molecular complexity index is 326. The predicted molar refractivity (Wildman–Crippen MR) is 57.9 cm³/mol. The van der Waals surface area contributed by atoms with Gasteiger partial charge in [0.25, 0.3) is 0 Å². The zero-order valence-corrected chi connectivity index (χ0v) is 9.37. The van der Waals surface area contributed by atoms with Gasteiger partial charge in [-0.15, -0.1) is 0 Å². The van der Waals surface area contributed by atoms with Gasteiger partial charge in [0.1, 0.15) is 0 Å². The van der Waals surface area contributed by atoms with E-state index in [0.29, 0.717) is 18.1 Å². The van der Waals surface area contributed by atoms with E-state index >= 15 is 0 Å². The van der Waals surface area contributed by atoms with Crippen LogP contribution in [0.3, 0.4) is 0 Å². The van der Waals surface area contributed by atoms with Crippen molar-refractivity contribution >= 4 is 0 Å². The Balaban J connectivity index is 3.24. The molecule has 4 heteroatoms. The highest BCUT2D eigenvalue weighted by Crippen LogP contribution is 2.33. The molecule has 0 aliphatic heterocycles. The first-order chi connectivity index (χ1) is 7.28. The number of ether oxygens (including phenoxy) is 2. The summed E-state index contributed by atoms with van der Waals surface area (Å²) >= 11 is 0. The van der Waals surface area contributed by atoms with Crippen molar-refractivity contribution in [1.82, 2.24) is 0 Å². The fourth-order valence-corrected chi connectivity index (χ4v) is 1.60. The zero-order valence-electron chi connectivity index (χ0n) is 9.37. The number of methoxy groups -OCH3 is 2. The van der Waals surface area contributed by atoms with Crippen LogP contribution in [0.25, 0.3) is 0 Å². The Hall–Kier alpha value is -1.26. The summed E-state index contributed by atoms with van der Waals surface area (Å²) < 4.78 is 10.5. The summed E-state index contributed by atoms with van der Waals surface area (Å²) in [5.41, 5.74) is 2.10. The van der Waals surface area contributed by atoms with Crippen molar-refractivity contribution in [3.63, 3.8) is 0 Å². The van der Waals surface area contributed by atoms with Gasteiger partial charge in [-0.25, -0.2) is 5.90 Å². The fourth-order valence-electron chi connectivity index (χ4n) is 1.60. The van der Waals surface area contributed by atoms with Crippen LogP contribution in [0.1, 0.15) is 18.1 Å². The number of rotatable bonds is 5. The monoisotopic (exact) mass is 211 g/mol. The molecular formula is C11H17NO3. The number of nitrogens with two attached hydrogens (primary N) is 1. The first-order valence-electron chi connectivity index (χ1n) is 4.82. The third-order valence-electron chi connectivity index (χ3n) is 2.35. The highest BCUT2D eigenvalue weighted by atomic mass is 16.6. The molecule has 0 saturated heterocycles. The molecule has 0 saturated carbocycles. The molecule has 1 aromatic rings. The lowest BCUT2D eigenvalue weighted by atomic mass is 10.0. The molecule has 0 amide bonds. The Morgan fingerprint density at radius 3 is 2.40 bits per heavy atom. The lowest BCUT2D eigenvalue weighted by molar-refractivity contribution is 0.121. The molecule has 1 aromatic carbocycles. The summed E-state index contributed by atoms with van der Waals surface area (Å²) in [7, 11) is 3.22. The van der Waals surface area contributed by atoms with Crippen molar-refractivity contribution in [3.05, 3.63) is 23.3 Å². The zero-order chi connectivity index (χ0) is 11.3. The lowest BCUT2D eigenvalue weighted by Crippen LogP contribution is -2.05. The van der Waals surface area contributed by atoms with Crippen LogP contribution in [0.5, 0.6) is 11.5 Å². The molecule has 0 bridgehead atoms. The van der Waals surface area contributed by atoms with E-state index in [1.807, 2.05) is 12.1 Å². The van der Waals surface area contributed by atoms with Crippen molar-refractivity contribution in [3.8, 4) is 11.5 Å². The molecule has 0 aliphatic carbocycles. The summed E-state index contributed by atoms with van der Waals surface area (Å²) in [6.07, 6.45) is 0.902. The van der Waals surface area contributed by atoms with E-state index in [1.54, 1.807) is 14.2 Å². The van der Waals surface area contributed by atoms with Gasteiger partial charge in [0.2, 0.25) is 0 Å². The van der Waals surface area contributed by atoms with Crippen LogP contribution in [0.15, 0.2) is 12.1 Å². The summed E-state index contributed by atoms with van der Waals surface area (Å²) in [5.74, 6) is 6.50. The largest absolute Gasteiger partial charge is 0.493 e. The first kappa shape index (κ1) is 11.8. The van der Waals surface area contributed by atoms with Gasteiger partial charge in [0, 0.05) is 5.56 Å². The normalized spacial score (nSPS) is 10.1. The molecule has 15 heavy (non-hydrogen) atoms. The van der Waals surface area contributed by atoms with Gasteiger partial charge < -0.3 is 9.47 Å². The van der Waals surface area contributed by atoms with E-state index < -0.39 is 0 Å². The molecule has 0 spiro atoms. The molecule has 4 nitrogen and oxygen atoms in total. The van der Waals surface area contributed by atoms with Gasteiger partial charge in [-0.3, -0.25) is 4.84 Å². The number of hydrogen-bond donors (Lipinski definition) is 1. The van der Waals surface area contributed by atoms with Crippen LogP contribution in [0.4, 0.5) is 0 Å². The van der Waals surface area contributed by atoms with Gasteiger partial charge in [0.15, 0.2) is 11.5 Å². The van der Waals surface area contributed by atoms with Crippen molar-refractivity contribution in [1.29, 1.82) is 0 Å². The Morgan fingerprint density at radius 2 is 1.93 bits per heavy atom. The second-order valence-corrected chi connectivity index (χ2v) is 3.10. The van der Waals surface area contributed by atoms with E-state index in [-0.39, 0.29) is 0 Å². The summed E-state index contributed by atoms with van der Waals surface area (Å²) in [6, 6.07) is 3.88. The maximum absolute atomic E-state index is 5.30. The number of aryl methyl sites for hydroxylation is 1. The lowest BCUT2D eigenvalue weighted by Gasteiger charge is -2.15. The highest BCUT2D eigenvalue weighted by molar-refractivity contribution is 5.50. The van der Waals surface area contributed by atoms with Crippen molar-refractivity contribution < 1.29 is 14.3 Å². The van der Waals surface area contributed by atoms with Gasteiger partial charge >= 0.3 is 0 Å². The predicted octanol–water partition coefficient (Wildman–Crippen LogP) is 1.66. The molecule has 1 rings (SSSR count). The number of hydrogen-bond acceptors (Lipinski definition) is 4. The summed E-state index contributed by atoms with van der Waals surface area (Å²) in [5, 5.41) is 0. The minimum absolute atomic E-state index is 0.323. The molecule has 0 radical (unpaired) electrons. The summed E-state index contributed by atoms with van der Waals surface area (Å²) in [4.78, 5) is 4.68. The van der Waals surface area contributed by atoms with Crippen LogP contribution >= 0.6 is 0 Å². The van der Waals surface area contributed by atoms with Crippen LogP contribution in [0, 0.1) is 0 Å². The topological polar surface area (TPSA) is 53.7 Å². The van der Waals surface area contributed by atoms with Gasteiger partial charge in [-0.05, 0) is 18.1 Å². The average molecular weight is 211 g/mol. The quantitative estimate of drug-likeness (QED) is 0.752. The minimum Gasteiger partial charge on any atom is -0.493 e. The van der Waals surface area contributed by atoms with Gasteiger partial charge in [0.05, 0.1) is 20.8 Å². The van der Waals surface area contributed by atoms with Gasteiger partial charge in [-0.1, -0.05) is 13.0 Å². The average Bonchev–Trinajstić information content (AvgIpc) is 2.28. The molecule has 84 valence electrons. The molecule has 0 unspecified atom stereocenters. The van der Waals surface area contributed by atoms with Crippen molar-refractivity contribution in [2.75, 3.05) is 14.2 Å². The highest BCUT2D eigenvalue weighted by Gasteiger charge is 2.13. The molecule has 0 fully saturated rings. The van der Waals surface area contributed by atoms with Crippen LogP contribution in [0.2, 0.25) is 0 Å². The molecule has 2 N–H and O–H groups in total. The molecule has 0 atom stereocenters.